The monoisotopic (exact) mass is 410 g/mol. The molecule has 0 spiro atoms. The van der Waals surface area contributed by atoms with E-state index in [2.05, 4.69) is 90.9 Å². The van der Waals surface area contributed by atoms with Crippen molar-refractivity contribution in [3.8, 4) is 0 Å². The fourth-order valence-electron chi connectivity index (χ4n) is 4.48. The van der Waals surface area contributed by atoms with Gasteiger partial charge in [0.05, 0.1) is 0 Å². The van der Waals surface area contributed by atoms with E-state index in [1.807, 2.05) is 0 Å². The molecule has 0 fully saturated rings. The van der Waals surface area contributed by atoms with Gasteiger partial charge in [-0.1, -0.05) is 48.8 Å². The van der Waals surface area contributed by atoms with E-state index < -0.39 is 0 Å². The standard InChI is InChI=1S/C23H27BrN2/c1-6-14-11-19-15(12-21(14)26(5)7-2)10-18-17-9-8-16(24)13-20(17)25-22(18)23(19,3)4/h8-9,11-13,25H,6-7,10H2,1-5H3. The normalized spacial score (nSPS) is 15.0. The minimum absolute atomic E-state index is 0.0123. The van der Waals surface area contributed by atoms with E-state index in [1.54, 1.807) is 0 Å². The molecule has 2 aromatic carbocycles. The van der Waals surface area contributed by atoms with Crippen molar-refractivity contribution < 1.29 is 0 Å². The molecule has 0 saturated heterocycles. The Balaban J connectivity index is 1.96. The number of halogens is 1. The van der Waals surface area contributed by atoms with Gasteiger partial charge in [-0.05, 0) is 53.8 Å². The second-order valence-corrected chi connectivity index (χ2v) is 8.89. The molecule has 1 aliphatic carbocycles. The zero-order chi connectivity index (χ0) is 18.6. The van der Waals surface area contributed by atoms with Crippen LogP contribution in [0.2, 0.25) is 0 Å². The van der Waals surface area contributed by atoms with Crippen LogP contribution in [0.3, 0.4) is 0 Å². The fraction of sp³-hybridized carbons (Fsp3) is 0.391. The molecule has 0 unspecified atom stereocenters. The average Bonchev–Trinajstić information content (AvgIpc) is 2.98. The summed E-state index contributed by atoms with van der Waals surface area (Å²) in [5, 5.41) is 1.35. The Morgan fingerprint density at radius 2 is 1.92 bits per heavy atom. The largest absolute Gasteiger partial charge is 0.375 e. The summed E-state index contributed by atoms with van der Waals surface area (Å²) in [6.07, 6.45) is 2.07. The summed E-state index contributed by atoms with van der Waals surface area (Å²) in [5.41, 5.74) is 9.82. The van der Waals surface area contributed by atoms with Crippen molar-refractivity contribution in [1.29, 1.82) is 0 Å². The number of aromatic nitrogens is 1. The van der Waals surface area contributed by atoms with Crippen molar-refractivity contribution in [2.75, 3.05) is 18.5 Å². The van der Waals surface area contributed by atoms with Gasteiger partial charge in [0.2, 0.25) is 0 Å². The molecular weight excluding hydrogens is 384 g/mol. The van der Waals surface area contributed by atoms with Crippen molar-refractivity contribution in [1.82, 2.24) is 4.98 Å². The molecule has 2 nitrogen and oxygen atoms in total. The molecule has 4 rings (SSSR count). The second-order valence-electron chi connectivity index (χ2n) is 7.98. The van der Waals surface area contributed by atoms with Crippen LogP contribution in [0.1, 0.15) is 55.6 Å². The van der Waals surface area contributed by atoms with Gasteiger partial charge in [0.25, 0.3) is 0 Å². The van der Waals surface area contributed by atoms with Crippen LogP contribution in [-0.2, 0) is 18.3 Å². The predicted molar refractivity (Wildman–Crippen MR) is 116 cm³/mol. The average molecular weight is 411 g/mol. The molecule has 136 valence electrons. The summed E-state index contributed by atoms with van der Waals surface area (Å²) >= 11 is 3.61. The number of hydrogen-bond acceptors (Lipinski definition) is 1. The van der Waals surface area contributed by atoms with Crippen molar-refractivity contribution >= 4 is 32.5 Å². The van der Waals surface area contributed by atoms with E-state index >= 15 is 0 Å². The molecule has 3 heteroatoms. The minimum atomic E-state index is -0.0123. The smallest absolute Gasteiger partial charge is 0.0470 e. The van der Waals surface area contributed by atoms with Crippen LogP contribution in [0, 0.1) is 0 Å². The molecule has 0 amide bonds. The lowest BCUT2D eigenvalue weighted by Crippen LogP contribution is -2.28. The Bertz CT molecular complexity index is 997. The number of hydrogen-bond donors (Lipinski definition) is 1. The van der Waals surface area contributed by atoms with Crippen molar-refractivity contribution in [2.45, 2.75) is 46.0 Å². The van der Waals surface area contributed by atoms with Crippen molar-refractivity contribution in [3.05, 3.63) is 62.8 Å². The first-order valence-electron chi connectivity index (χ1n) is 9.54. The summed E-state index contributed by atoms with van der Waals surface area (Å²) in [6, 6.07) is 11.5. The van der Waals surface area contributed by atoms with Gasteiger partial charge >= 0.3 is 0 Å². The molecule has 0 saturated carbocycles. The van der Waals surface area contributed by atoms with Gasteiger partial charge in [0.15, 0.2) is 0 Å². The maximum absolute atomic E-state index is 3.73. The Hall–Kier alpha value is -1.74. The van der Waals surface area contributed by atoms with Crippen LogP contribution in [0.25, 0.3) is 10.9 Å². The Morgan fingerprint density at radius 3 is 2.62 bits per heavy atom. The number of nitrogens with one attached hydrogen (secondary N) is 1. The molecule has 0 aliphatic heterocycles. The van der Waals surface area contributed by atoms with E-state index in [0.717, 1.165) is 23.9 Å². The zero-order valence-electron chi connectivity index (χ0n) is 16.3. The van der Waals surface area contributed by atoms with Gasteiger partial charge in [-0.15, -0.1) is 0 Å². The molecule has 1 aliphatic rings. The van der Waals surface area contributed by atoms with E-state index in [-0.39, 0.29) is 5.41 Å². The first-order chi connectivity index (χ1) is 12.4. The maximum Gasteiger partial charge on any atom is 0.0470 e. The third-order valence-electron chi connectivity index (χ3n) is 6.10. The number of rotatable bonds is 3. The van der Waals surface area contributed by atoms with Crippen molar-refractivity contribution in [2.24, 2.45) is 0 Å². The maximum atomic E-state index is 3.73. The molecule has 1 heterocycles. The molecule has 1 aromatic heterocycles. The van der Waals surface area contributed by atoms with Gasteiger partial charge < -0.3 is 9.88 Å². The number of anilines is 1. The Labute approximate surface area is 164 Å². The van der Waals surface area contributed by atoms with Gasteiger partial charge in [-0.2, -0.15) is 0 Å². The predicted octanol–water partition coefficient (Wildman–Crippen LogP) is 6.18. The van der Waals surface area contributed by atoms with Crippen LogP contribution in [0.4, 0.5) is 5.69 Å². The fourth-order valence-corrected chi connectivity index (χ4v) is 4.84. The van der Waals surface area contributed by atoms with E-state index in [9.17, 15) is 0 Å². The van der Waals surface area contributed by atoms with Gasteiger partial charge in [-0.25, -0.2) is 0 Å². The van der Waals surface area contributed by atoms with Gasteiger partial charge in [0.1, 0.15) is 0 Å². The van der Waals surface area contributed by atoms with Crippen LogP contribution in [-0.4, -0.2) is 18.6 Å². The highest BCUT2D eigenvalue weighted by molar-refractivity contribution is 9.10. The van der Waals surface area contributed by atoms with Gasteiger partial charge in [0, 0.05) is 52.2 Å². The van der Waals surface area contributed by atoms with Crippen molar-refractivity contribution in [3.63, 3.8) is 0 Å². The van der Waals surface area contributed by atoms with Gasteiger partial charge in [-0.3, -0.25) is 0 Å². The van der Waals surface area contributed by atoms with Crippen LogP contribution < -0.4 is 4.90 Å². The summed E-state index contributed by atoms with van der Waals surface area (Å²) in [6.45, 7) is 10.2. The molecule has 0 bridgehead atoms. The van der Waals surface area contributed by atoms with Crippen LogP contribution in [0.5, 0.6) is 0 Å². The molecule has 0 atom stereocenters. The molecule has 1 N–H and O–H groups in total. The molecule has 3 aromatic rings. The second kappa shape index (κ2) is 6.16. The van der Waals surface area contributed by atoms with Crippen LogP contribution >= 0.6 is 15.9 Å². The topological polar surface area (TPSA) is 19.0 Å². The highest BCUT2D eigenvalue weighted by Gasteiger charge is 2.35. The number of fused-ring (bicyclic) bond motifs is 4. The molecule has 26 heavy (non-hydrogen) atoms. The highest BCUT2D eigenvalue weighted by atomic mass is 79.9. The first-order valence-corrected chi connectivity index (χ1v) is 10.3. The highest BCUT2D eigenvalue weighted by Crippen LogP contribution is 2.45. The lowest BCUT2D eigenvalue weighted by atomic mass is 9.71. The number of benzene rings is 2. The summed E-state index contributed by atoms with van der Waals surface area (Å²) in [7, 11) is 2.20. The van der Waals surface area contributed by atoms with E-state index in [0.29, 0.717) is 0 Å². The summed E-state index contributed by atoms with van der Waals surface area (Å²) in [5.74, 6) is 0. The summed E-state index contributed by atoms with van der Waals surface area (Å²) in [4.78, 5) is 6.10. The lowest BCUT2D eigenvalue weighted by molar-refractivity contribution is 0.594. The molecular formula is C23H27BrN2. The number of H-pyrrole nitrogens is 1. The third kappa shape index (κ3) is 2.51. The minimum Gasteiger partial charge on any atom is -0.375 e. The SMILES string of the molecule is CCc1cc2c(cc1N(C)CC)Cc1c([nH]c3cc(Br)ccc13)C2(C)C. The van der Waals surface area contributed by atoms with E-state index in [1.165, 1.54) is 44.5 Å². The number of aromatic amines is 1. The third-order valence-corrected chi connectivity index (χ3v) is 6.60. The first kappa shape index (κ1) is 17.7. The zero-order valence-corrected chi connectivity index (χ0v) is 17.9. The molecule has 0 radical (unpaired) electrons. The Kier molecular flexibility index (Phi) is 4.18. The number of aryl methyl sites for hydroxylation is 1. The quantitative estimate of drug-likeness (QED) is 0.545. The van der Waals surface area contributed by atoms with E-state index in [4.69, 9.17) is 0 Å². The van der Waals surface area contributed by atoms with Crippen LogP contribution in [0.15, 0.2) is 34.8 Å². The lowest BCUT2D eigenvalue weighted by Gasteiger charge is -2.35. The Morgan fingerprint density at radius 1 is 1.15 bits per heavy atom. The summed E-state index contributed by atoms with van der Waals surface area (Å²) < 4.78 is 1.12. The number of nitrogens with zero attached hydrogens (tertiary/aromatic N) is 1.